The highest BCUT2D eigenvalue weighted by Gasteiger charge is 2.45. The van der Waals surface area contributed by atoms with Crippen molar-refractivity contribution in [3.05, 3.63) is 198 Å². The van der Waals surface area contributed by atoms with Crippen LogP contribution in [-0.4, -0.2) is 6.71 Å². The van der Waals surface area contributed by atoms with Crippen LogP contribution >= 0.6 is 0 Å². The summed E-state index contributed by atoms with van der Waals surface area (Å²) in [6.45, 7) is 28.2. The Labute approximate surface area is 411 Å². The minimum absolute atomic E-state index is 0.0408. The van der Waals surface area contributed by atoms with Crippen LogP contribution in [0.3, 0.4) is 0 Å². The molecule has 2 aliphatic heterocycles. The second kappa shape index (κ2) is 15.9. The maximum Gasteiger partial charge on any atom is 0.252 e. The Hall–Kier alpha value is -6.84. The van der Waals surface area contributed by atoms with Crippen molar-refractivity contribution in [2.45, 2.75) is 105 Å². The Morgan fingerprint density at radius 2 is 0.696 bits per heavy atom. The molecule has 0 N–H and O–H groups in total. The van der Waals surface area contributed by atoms with Gasteiger partial charge in [0, 0.05) is 44.9 Å². The van der Waals surface area contributed by atoms with Gasteiger partial charge in [0.15, 0.2) is 0 Å². The van der Waals surface area contributed by atoms with Gasteiger partial charge in [0.1, 0.15) is 0 Å². The molecule has 11 rings (SSSR count). The maximum atomic E-state index is 2.67. The summed E-state index contributed by atoms with van der Waals surface area (Å²) in [4.78, 5) is 5.34. The molecule has 0 fully saturated rings. The normalized spacial score (nSPS) is 13.7. The standard InChI is InChI=1S/C66H65BN2/c1-63(2,3)46-36-47(64(4,5)6)39-50(38-46)68-58-34-45(53-27-21-20-26-52(53)42-22-14-13-15-23-42)35-59-60(58)67(56-32-30-43-24-16-18-28-54(43)61(56)68)57-33-31-44-25-17-19-29-55(44)62(57)69(59)51-40-48(65(7,8)9)37-49(41-51)66(10,11)12/h13-41H,1-12H3. The summed E-state index contributed by atoms with van der Waals surface area (Å²) in [6.07, 6.45) is 0. The third-order valence-corrected chi connectivity index (χ3v) is 15.0. The fourth-order valence-corrected chi connectivity index (χ4v) is 11.0. The number of hydrogen-bond acceptors (Lipinski definition) is 2. The zero-order chi connectivity index (χ0) is 48.4. The summed E-state index contributed by atoms with van der Waals surface area (Å²) in [5, 5.41) is 4.99. The Kier molecular flexibility index (Phi) is 10.3. The first-order valence-electron chi connectivity index (χ1n) is 25.0. The third-order valence-electron chi connectivity index (χ3n) is 15.0. The molecule has 0 spiro atoms. The number of nitrogens with zero attached hydrogens (tertiary/aromatic N) is 2. The molecule has 0 aliphatic carbocycles. The van der Waals surface area contributed by atoms with E-state index in [2.05, 4.69) is 269 Å². The topological polar surface area (TPSA) is 6.48 Å². The lowest BCUT2D eigenvalue weighted by Gasteiger charge is -2.46. The third kappa shape index (κ3) is 7.57. The minimum atomic E-state index is -0.0779. The Balaban J connectivity index is 1.35. The van der Waals surface area contributed by atoms with E-state index in [1.54, 1.807) is 0 Å². The van der Waals surface area contributed by atoms with Crippen molar-refractivity contribution in [3.8, 4) is 22.3 Å². The van der Waals surface area contributed by atoms with Gasteiger partial charge in [-0.15, -0.1) is 0 Å². The van der Waals surface area contributed by atoms with Crippen LogP contribution in [0.15, 0.2) is 176 Å². The van der Waals surface area contributed by atoms with E-state index in [0.29, 0.717) is 0 Å². The lowest BCUT2D eigenvalue weighted by molar-refractivity contribution is 0.568. The monoisotopic (exact) mass is 897 g/mol. The molecule has 0 atom stereocenters. The summed E-state index contributed by atoms with van der Waals surface area (Å²) >= 11 is 0. The van der Waals surface area contributed by atoms with E-state index in [1.807, 2.05) is 0 Å². The summed E-state index contributed by atoms with van der Waals surface area (Å²) in [6, 6.07) is 67.6. The summed E-state index contributed by atoms with van der Waals surface area (Å²) in [5.41, 5.74) is 21.2. The van der Waals surface area contributed by atoms with Crippen LogP contribution in [0.4, 0.5) is 34.1 Å². The van der Waals surface area contributed by atoms with Gasteiger partial charge in [0.05, 0.1) is 0 Å². The van der Waals surface area contributed by atoms with Crippen molar-refractivity contribution in [1.29, 1.82) is 0 Å². The molecule has 9 aromatic carbocycles. The second-order valence-electron chi connectivity index (χ2n) is 23.9. The van der Waals surface area contributed by atoms with Crippen molar-refractivity contribution >= 4 is 78.8 Å². The highest BCUT2D eigenvalue weighted by molar-refractivity contribution is 7.00. The molecule has 2 heterocycles. The SMILES string of the molecule is CC(C)(C)c1cc(N2c3cc(-c4ccccc4-c4ccccc4)cc4c3B(c3ccc5ccccc5c32)c2ccc3ccccc3c2N4c2cc(C(C)(C)C)cc(C(C)(C)C)c2)cc(C(C)(C)C)c1. The van der Waals surface area contributed by atoms with Gasteiger partial charge in [-0.1, -0.05) is 223 Å². The molecule has 3 heteroatoms. The highest BCUT2D eigenvalue weighted by atomic mass is 15.2. The smallest absolute Gasteiger partial charge is 0.252 e. The molecule has 342 valence electrons. The van der Waals surface area contributed by atoms with Gasteiger partial charge in [-0.2, -0.15) is 0 Å². The van der Waals surface area contributed by atoms with Crippen LogP contribution in [0.1, 0.15) is 105 Å². The molecular weight excluding hydrogens is 832 g/mol. The van der Waals surface area contributed by atoms with E-state index in [1.165, 1.54) is 117 Å². The Morgan fingerprint density at radius 1 is 0.333 bits per heavy atom. The fraction of sp³-hybridized carbons (Fsp3) is 0.242. The predicted octanol–water partition coefficient (Wildman–Crippen LogP) is 16.6. The average Bonchev–Trinajstić information content (AvgIpc) is 3.32. The van der Waals surface area contributed by atoms with E-state index in [-0.39, 0.29) is 28.4 Å². The van der Waals surface area contributed by atoms with Crippen LogP contribution in [-0.2, 0) is 21.7 Å². The molecule has 69 heavy (non-hydrogen) atoms. The molecule has 0 unspecified atom stereocenters. The van der Waals surface area contributed by atoms with Crippen LogP contribution < -0.4 is 26.2 Å². The summed E-state index contributed by atoms with van der Waals surface area (Å²) in [7, 11) is 0. The van der Waals surface area contributed by atoms with Crippen molar-refractivity contribution in [2.24, 2.45) is 0 Å². The molecule has 9 aromatic rings. The molecule has 0 aromatic heterocycles. The average molecular weight is 897 g/mol. The van der Waals surface area contributed by atoms with Gasteiger partial charge >= 0.3 is 0 Å². The number of fused-ring (bicyclic) bond motifs is 8. The zero-order valence-electron chi connectivity index (χ0n) is 42.7. The molecule has 0 radical (unpaired) electrons. The van der Waals surface area contributed by atoms with E-state index in [0.717, 1.165) is 0 Å². The molecular formula is C66H65BN2. The number of hydrogen-bond donors (Lipinski definition) is 0. The molecule has 0 saturated carbocycles. The van der Waals surface area contributed by atoms with Gasteiger partial charge in [0.25, 0.3) is 6.71 Å². The lowest BCUT2D eigenvalue weighted by atomic mass is 9.33. The van der Waals surface area contributed by atoms with Gasteiger partial charge in [-0.3, -0.25) is 0 Å². The summed E-state index contributed by atoms with van der Waals surface area (Å²) in [5.74, 6) is 0. The predicted molar refractivity (Wildman–Crippen MR) is 301 cm³/mol. The molecule has 2 aliphatic rings. The van der Waals surface area contributed by atoms with Gasteiger partial charge in [0.2, 0.25) is 0 Å². The minimum Gasteiger partial charge on any atom is -0.311 e. The van der Waals surface area contributed by atoms with Gasteiger partial charge in [-0.25, -0.2) is 0 Å². The molecule has 0 amide bonds. The van der Waals surface area contributed by atoms with E-state index >= 15 is 0 Å². The largest absolute Gasteiger partial charge is 0.311 e. The lowest BCUT2D eigenvalue weighted by Crippen LogP contribution is -2.61. The van der Waals surface area contributed by atoms with Crippen molar-refractivity contribution in [3.63, 3.8) is 0 Å². The van der Waals surface area contributed by atoms with Crippen molar-refractivity contribution in [2.75, 3.05) is 9.80 Å². The van der Waals surface area contributed by atoms with Gasteiger partial charge < -0.3 is 9.80 Å². The first kappa shape index (κ1) is 44.7. The number of benzene rings is 9. The Morgan fingerprint density at radius 3 is 1.10 bits per heavy atom. The van der Waals surface area contributed by atoms with Crippen LogP contribution in [0.2, 0.25) is 0 Å². The fourth-order valence-electron chi connectivity index (χ4n) is 11.0. The van der Waals surface area contributed by atoms with Crippen LogP contribution in [0.5, 0.6) is 0 Å². The zero-order valence-corrected chi connectivity index (χ0v) is 42.7. The number of anilines is 6. The van der Waals surface area contributed by atoms with E-state index in [9.17, 15) is 0 Å². The highest BCUT2D eigenvalue weighted by Crippen LogP contribution is 2.51. The van der Waals surface area contributed by atoms with Crippen LogP contribution in [0.25, 0.3) is 43.8 Å². The van der Waals surface area contributed by atoms with Gasteiger partial charge in [-0.05, 0) is 130 Å². The quantitative estimate of drug-likeness (QED) is 0.162. The van der Waals surface area contributed by atoms with Crippen molar-refractivity contribution in [1.82, 2.24) is 0 Å². The first-order chi connectivity index (χ1) is 32.8. The molecule has 0 bridgehead atoms. The Bertz CT molecular complexity index is 3240. The van der Waals surface area contributed by atoms with Crippen LogP contribution in [0, 0.1) is 0 Å². The maximum absolute atomic E-state index is 2.67. The molecule has 0 saturated heterocycles. The second-order valence-corrected chi connectivity index (χ2v) is 23.9. The molecule has 2 nitrogen and oxygen atoms in total. The number of rotatable bonds is 4. The summed E-state index contributed by atoms with van der Waals surface area (Å²) < 4.78 is 0. The first-order valence-corrected chi connectivity index (χ1v) is 25.0. The van der Waals surface area contributed by atoms with E-state index in [4.69, 9.17) is 0 Å². The van der Waals surface area contributed by atoms with E-state index < -0.39 is 0 Å². The van der Waals surface area contributed by atoms with Crippen molar-refractivity contribution < 1.29 is 0 Å².